The Labute approximate surface area is 107 Å². The molecule has 5 atom stereocenters. The number of carbonyl (C=O) groups is 2. The van der Waals surface area contributed by atoms with Gasteiger partial charge in [-0.05, 0) is 24.3 Å². The van der Waals surface area contributed by atoms with E-state index >= 15 is 0 Å². The number of ether oxygens (including phenoxy) is 1. The maximum absolute atomic E-state index is 11.9. The molecule has 0 aromatic heterocycles. The van der Waals surface area contributed by atoms with Crippen LogP contribution >= 0.6 is 0 Å². The Morgan fingerprint density at radius 2 is 2.17 bits per heavy atom. The van der Waals surface area contributed by atoms with Crippen LogP contribution in [-0.2, 0) is 14.3 Å². The van der Waals surface area contributed by atoms with E-state index in [1.165, 1.54) is 0 Å². The molecule has 18 heavy (non-hydrogen) atoms. The number of fused-ring (bicyclic) bond motifs is 3. The number of hydrogen-bond donors (Lipinski definition) is 0. The van der Waals surface area contributed by atoms with E-state index in [0.29, 0.717) is 5.57 Å². The molecule has 1 saturated heterocycles. The van der Waals surface area contributed by atoms with E-state index in [0.717, 1.165) is 12.8 Å². The third kappa shape index (κ3) is 1.36. The fourth-order valence-electron chi connectivity index (χ4n) is 3.95. The van der Waals surface area contributed by atoms with Gasteiger partial charge in [0.15, 0.2) is 5.78 Å². The summed E-state index contributed by atoms with van der Waals surface area (Å²) in [6.07, 6.45) is 5.47. The minimum absolute atomic E-state index is 0.0284. The van der Waals surface area contributed by atoms with Crippen molar-refractivity contribution in [3.05, 3.63) is 24.3 Å². The molecule has 2 fully saturated rings. The number of allylic oxidation sites excluding steroid dienone is 2. The highest BCUT2D eigenvalue weighted by Crippen LogP contribution is 2.54. The van der Waals surface area contributed by atoms with Gasteiger partial charge in [0.05, 0.1) is 0 Å². The van der Waals surface area contributed by atoms with Crippen LogP contribution in [0, 0.1) is 23.2 Å². The van der Waals surface area contributed by atoms with Gasteiger partial charge in [-0.3, -0.25) is 4.79 Å². The molecule has 3 aliphatic rings. The Balaban J connectivity index is 2.03. The molecule has 0 radical (unpaired) electrons. The van der Waals surface area contributed by atoms with Crippen molar-refractivity contribution in [3.8, 4) is 0 Å². The average molecular weight is 246 g/mol. The van der Waals surface area contributed by atoms with Gasteiger partial charge in [-0.1, -0.05) is 26.5 Å². The largest absolute Gasteiger partial charge is 0.458 e. The monoisotopic (exact) mass is 246 g/mol. The van der Waals surface area contributed by atoms with Gasteiger partial charge >= 0.3 is 5.97 Å². The van der Waals surface area contributed by atoms with Crippen molar-refractivity contribution >= 4 is 11.8 Å². The smallest absolute Gasteiger partial charge is 0.334 e. The molecule has 3 nitrogen and oxygen atoms in total. The van der Waals surface area contributed by atoms with Crippen LogP contribution in [0.1, 0.15) is 26.7 Å². The van der Waals surface area contributed by atoms with Gasteiger partial charge < -0.3 is 4.74 Å². The van der Waals surface area contributed by atoms with E-state index in [2.05, 4.69) is 13.5 Å². The van der Waals surface area contributed by atoms with Gasteiger partial charge in [-0.2, -0.15) is 0 Å². The zero-order valence-electron chi connectivity index (χ0n) is 10.8. The van der Waals surface area contributed by atoms with E-state index in [4.69, 9.17) is 4.74 Å². The van der Waals surface area contributed by atoms with Gasteiger partial charge in [-0.25, -0.2) is 4.79 Å². The van der Waals surface area contributed by atoms with Crippen LogP contribution < -0.4 is 0 Å². The molecule has 0 amide bonds. The molecule has 0 aromatic carbocycles. The molecule has 96 valence electrons. The van der Waals surface area contributed by atoms with Crippen LogP contribution in [0.3, 0.4) is 0 Å². The average Bonchev–Trinajstić information content (AvgIpc) is 2.60. The Kier molecular flexibility index (Phi) is 2.31. The Morgan fingerprint density at radius 1 is 1.44 bits per heavy atom. The van der Waals surface area contributed by atoms with Gasteiger partial charge in [0, 0.05) is 23.3 Å². The highest BCUT2D eigenvalue weighted by atomic mass is 16.6. The van der Waals surface area contributed by atoms with E-state index < -0.39 is 0 Å². The van der Waals surface area contributed by atoms with E-state index in [1.54, 1.807) is 6.08 Å². The quantitative estimate of drug-likeness (QED) is 0.486. The fraction of sp³-hybridized carbons (Fsp3) is 0.600. The lowest BCUT2D eigenvalue weighted by Crippen LogP contribution is -2.49. The van der Waals surface area contributed by atoms with Gasteiger partial charge in [0.25, 0.3) is 0 Å². The SMILES string of the molecule is C=C1C(=O)O[C@@H]2[C@H]3[C@H](C)C(=O)C=C[C@]3(C)CC[C@@H]12. The van der Waals surface area contributed by atoms with Crippen molar-refractivity contribution in [1.29, 1.82) is 0 Å². The second-order valence-electron chi connectivity index (χ2n) is 6.10. The lowest BCUT2D eigenvalue weighted by atomic mass is 9.56. The molecule has 3 rings (SSSR count). The summed E-state index contributed by atoms with van der Waals surface area (Å²) in [6.45, 7) is 7.97. The van der Waals surface area contributed by atoms with Gasteiger partial charge in [-0.15, -0.1) is 0 Å². The molecular formula is C15H18O3. The lowest BCUT2D eigenvalue weighted by molar-refractivity contribution is -0.149. The summed E-state index contributed by atoms with van der Waals surface area (Å²) in [4.78, 5) is 23.6. The molecule has 3 heteroatoms. The molecule has 1 heterocycles. The zero-order valence-corrected chi connectivity index (χ0v) is 10.8. The summed E-state index contributed by atoms with van der Waals surface area (Å²) in [5.41, 5.74) is 0.565. The highest BCUT2D eigenvalue weighted by Gasteiger charge is 2.56. The molecular weight excluding hydrogens is 228 g/mol. The number of esters is 1. The van der Waals surface area contributed by atoms with Crippen LogP contribution in [0.5, 0.6) is 0 Å². The summed E-state index contributed by atoms with van der Waals surface area (Å²) in [5, 5.41) is 0. The van der Waals surface area contributed by atoms with Crippen molar-refractivity contribution < 1.29 is 14.3 Å². The van der Waals surface area contributed by atoms with Crippen molar-refractivity contribution in [2.24, 2.45) is 23.2 Å². The molecule has 0 bridgehead atoms. The maximum Gasteiger partial charge on any atom is 0.334 e. The van der Waals surface area contributed by atoms with Gasteiger partial charge in [0.2, 0.25) is 0 Å². The van der Waals surface area contributed by atoms with Crippen LogP contribution in [0.15, 0.2) is 24.3 Å². The minimum Gasteiger partial charge on any atom is -0.458 e. The third-order valence-corrected chi connectivity index (χ3v) is 5.07. The molecule has 0 unspecified atom stereocenters. The van der Waals surface area contributed by atoms with E-state index in [9.17, 15) is 9.59 Å². The number of carbonyl (C=O) groups excluding carboxylic acids is 2. The van der Waals surface area contributed by atoms with Gasteiger partial charge in [0.1, 0.15) is 6.10 Å². The van der Waals surface area contributed by atoms with Crippen LogP contribution in [0.2, 0.25) is 0 Å². The predicted octanol–water partition coefficient (Wildman–Crippen LogP) is 2.28. The summed E-state index contributed by atoms with van der Waals surface area (Å²) in [7, 11) is 0. The van der Waals surface area contributed by atoms with Crippen LogP contribution in [0.25, 0.3) is 0 Å². The summed E-state index contributed by atoms with van der Waals surface area (Å²) in [5.74, 6) is -0.00378. The summed E-state index contributed by atoms with van der Waals surface area (Å²) < 4.78 is 5.51. The second-order valence-corrected chi connectivity index (χ2v) is 6.10. The number of rotatable bonds is 0. The molecule has 1 saturated carbocycles. The topological polar surface area (TPSA) is 43.4 Å². The summed E-state index contributed by atoms with van der Waals surface area (Å²) in [6, 6.07) is 0. The van der Waals surface area contributed by atoms with Crippen LogP contribution in [0.4, 0.5) is 0 Å². The van der Waals surface area contributed by atoms with E-state index in [1.807, 2.05) is 13.0 Å². The maximum atomic E-state index is 11.9. The van der Waals surface area contributed by atoms with E-state index in [-0.39, 0.29) is 41.0 Å². The predicted molar refractivity (Wildman–Crippen MR) is 66.7 cm³/mol. The molecule has 0 spiro atoms. The Bertz CT molecular complexity index is 476. The summed E-state index contributed by atoms with van der Waals surface area (Å²) >= 11 is 0. The number of hydrogen-bond acceptors (Lipinski definition) is 3. The molecule has 0 N–H and O–H groups in total. The van der Waals surface area contributed by atoms with Crippen molar-refractivity contribution in [1.82, 2.24) is 0 Å². The normalized spacial score (nSPS) is 46.7. The first-order valence-electron chi connectivity index (χ1n) is 6.57. The van der Waals surface area contributed by atoms with Crippen molar-refractivity contribution in [2.45, 2.75) is 32.8 Å². The number of ketones is 1. The lowest BCUT2D eigenvalue weighted by Gasteiger charge is -2.48. The first kappa shape index (κ1) is 11.7. The van der Waals surface area contributed by atoms with Crippen molar-refractivity contribution in [2.75, 3.05) is 0 Å². The zero-order chi connectivity index (χ0) is 13.1. The van der Waals surface area contributed by atoms with Crippen molar-refractivity contribution in [3.63, 3.8) is 0 Å². The Morgan fingerprint density at radius 3 is 2.89 bits per heavy atom. The minimum atomic E-state index is -0.275. The highest BCUT2D eigenvalue weighted by molar-refractivity contribution is 5.94. The van der Waals surface area contributed by atoms with Crippen LogP contribution in [-0.4, -0.2) is 17.9 Å². The molecule has 2 aliphatic carbocycles. The standard InChI is InChI=1S/C15H18O3/c1-8-10-4-6-15(3)7-5-11(16)9(2)12(15)13(10)18-14(8)17/h5,7,9-10,12-13H,1,4,6H2,2-3H3/t9-,10+,12-,13+,15+/m1/s1. The Hall–Kier alpha value is -1.38. The second kappa shape index (κ2) is 3.56. The fourth-order valence-corrected chi connectivity index (χ4v) is 3.95. The first-order chi connectivity index (χ1) is 8.44. The molecule has 0 aromatic rings. The molecule has 1 aliphatic heterocycles. The first-order valence-corrected chi connectivity index (χ1v) is 6.57. The third-order valence-electron chi connectivity index (χ3n) is 5.07.